The molecule has 0 aliphatic heterocycles. The van der Waals surface area contributed by atoms with E-state index in [1.54, 1.807) is 11.3 Å². The van der Waals surface area contributed by atoms with E-state index in [2.05, 4.69) is 39.8 Å². The summed E-state index contributed by atoms with van der Waals surface area (Å²) in [6, 6.07) is 6.68. The first-order chi connectivity index (χ1) is 8.56. The van der Waals surface area contributed by atoms with Gasteiger partial charge in [0.2, 0.25) is 0 Å². The molecule has 0 aromatic carbocycles. The first kappa shape index (κ1) is 15.2. The smallest absolute Gasteiger partial charge is 0.113 e. The number of nitriles is 2. The zero-order chi connectivity index (χ0) is 13.8. The third-order valence-electron chi connectivity index (χ3n) is 3.37. The van der Waals surface area contributed by atoms with Gasteiger partial charge < -0.3 is 0 Å². The van der Waals surface area contributed by atoms with Crippen LogP contribution in [0.1, 0.15) is 38.1 Å². The Morgan fingerprint density at radius 1 is 1.33 bits per heavy atom. The van der Waals surface area contributed by atoms with Gasteiger partial charge in [-0.15, -0.1) is 11.3 Å². The summed E-state index contributed by atoms with van der Waals surface area (Å²) >= 11 is 1.56. The van der Waals surface area contributed by atoms with Crippen LogP contribution in [-0.4, -0.2) is 12.3 Å². The zero-order valence-corrected chi connectivity index (χ0v) is 13.1. The first-order valence-electron chi connectivity index (χ1n) is 6.22. The maximum absolute atomic E-state index is 9.80. The molecule has 0 aliphatic rings. The first-order valence-corrected chi connectivity index (χ1v) is 8.81. The van der Waals surface area contributed by atoms with Gasteiger partial charge >= 0.3 is 0 Å². The lowest BCUT2D eigenvalue weighted by atomic mass is 9.94. The van der Waals surface area contributed by atoms with Crippen molar-refractivity contribution >= 4 is 19.3 Å². The van der Waals surface area contributed by atoms with Crippen molar-refractivity contribution in [1.29, 1.82) is 10.5 Å². The lowest BCUT2D eigenvalue weighted by Crippen LogP contribution is -2.29. The predicted molar refractivity (Wildman–Crippen MR) is 79.2 cm³/mol. The van der Waals surface area contributed by atoms with E-state index in [0.717, 1.165) is 17.2 Å². The number of hydrogen-bond donors (Lipinski definition) is 0. The fourth-order valence-corrected chi connectivity index (χ4v) is 6.65. The molecule has 4 heteroatoms. The van der Waals surface area contributed by atoms with Gasteiger partial charge in [-0.1, -0.05) is 35.6 Å². The van der Waals surface area contributed by atoms with E-state index >= 15 is 0 Å². The van der Waals surface area contributed by atoms with Crippen molar-refractivity contribution in [3.8, 4) is 12.1 Å². The molecule has 0 bridgehead atoms. The second-order valence-electron chi connectivity index (χ2n) is 4.52. The molecular weight excluding hydrogens is 259 g/mol. The lowest BCUT2D eigenvalue weighted by Gasteiger charge is -2.37. The van der Waals surface area contributed by atoms with Gasteiger partial charge in [0.05, 0.1) is 11.6 Å². The van der Waals surface area contributed by atoms with Crippen LogP contribution in [0.25, 0.3) is 0 Å². The van der Waals surface area contributed by atoms with E-state index in [0.29, 0.717) is 5.56 Å². The summed E-state index contributed by atoms with van der Waals surface area (Å²) < 4.78 is 0. The van der Waals surface area contributed by atoms with Gasteiger partial charge in [0.25, 0.3) is 0 Å². The highest BCUT2D eigenvalue weighted by Gasteiger charge is 2.43. The van der Waals surface area contributed by atoms with Crippen LogP contribution < -0.4 is 0 Å². The summed E-state index contributed by atoms with van der Waals surface area (Å²) in [5, 5.41) is 20.2. The molecular formula is C14H19N2PS. The standard InChI is InChI=1S/C14H19N2PS/c1-5-17(6-2)14(10-16,11(3)4)13-7-12(8-15)9-18-13/h7,9,11H,5-6H2,1-4H3. The molecule has 18 heavy (non-hydrogen) atoms. The number of hydrogen-bond acceptors (Lipinski definition) is 3. The average molecular weight is 278 g/mol. The Balaban J connectivity index is 3.37. The second-order valence-corrected chi connectivity index (χ2v) is 8.48. The van der Waals surface area contributed by atoms with Crippen LogP contribution in [0.5, 0.6) is 0 Å². The molecule has 0 saturated carbocycles. The minimum absolute atomic E-state index is 0.277. The molecule has 0 amide bonds. The van der Waals surface area contributed by atoms with Crippen molar-refractivity contribution in [2.75, 3.05) is 12.3 Å². The molecule has 1 rings (SSSR count). The van der Waals surface area contributed by atoms with Crippen LogP contribution in [-0.2, 0) is 5.16 Å². The largest absolute Gasteiger partial charge is 0.197 e. The predicted octanol–water partition coefficient (Wildman–Crippen LogP) is 4.52. The highest BCUT2D eigenvalue weighted by molar-refractivity contribution is 7.59. The van der Waals surface area contributed by atoms with Crippen molar-refractivity contribution < 1.29 is 0 Å². The zero-order valence-electron chi connectivity index (χ0n) is 11.4. The lowest BCUT2D eigenvalue weighted by molar-refractivity contribution is 0.538. The van der Waals surface area contributed by atoms with Crippen LogP contribution in [0.15, 0.2) is 11.4 Å². The number of nitrogens with zero attached hydrogens (tertiary/aromatic N) is 2. The Labute approximate surface area is 115 Å². The Morgan fingerprint density at radius 2 is 1.94 bits per heavy atom. The van der Waals surface area contributed by atoms with E-state index in [1.807, 2.05) is 11.4 Å². The van der Waals surface area contributed by atoms with Crippen LogP contribution in [0.2, 0.25) is 0 Å². The Kier molecular flexibility index (Phi) is 5.33. The highest BCUT2D eigenvalue weighted by atomic mass is 32.1. The fraction of sp³-hybridized carbons (Fsp3) is 0.571. The Bertz CT molecular complexity index is 477. The monoisotopic (exact) mass is 278 g/mol. The maximum Gasteiger partial charge on any atom is 0.113 e. The molecule has 0 radical (unpaired) electrons. The summed E-state index contributed by atoms with van der Waals surface area (Å²) in [6.45, 7) is 8.58. The fourth-order valence-electron chi connectivity index (χ4n) is 2.38. The molecule has 96 valence electrons. The molecule has 0 spiro atoms. The van der Waals surface area contributed by atoms with E-state index in [9.17, 15) is 5.26 Å². The van der Waals surface area contributed by atoms with Crippen molar-refractivity contribution in [1.82, 2.24) is 0 Å². The second kappa shape index (κ2) is 6.33. The summed E-state index contributed by atoms with van der Waals surface area (Å²) in [7, 11) is -0.372. The Morgan fingerprint density at radius 3 is 2.28 bits per heavy atom. The molecule has 1 aromatic rings. The average Bonchev–Trinajstić information content (AvgIpc) is 2.84. The normalized spacial score (nSPS) is 14.2. The third kappa shape index (κ3) is 2.44. The van der Waals surface area contributed by atoms with Crippen LogP contribution in [0.4, 0.5) is 0 Å². The van der Waals surface area contributed by atoms with E-state index in [4.69, 9.17) is 5.26 Å². The van der Waals surface area contributed by atoms with E-state index in [1.165, 1.54) is 0 Å². The van der Waals surface area contributed by atoms with Crippen molar-refractivity contribution in [2.24, 2.45) is 5.92 Å². The SMILES string of the molecule is CCP(CC)C(C#N)(c1cc(C#N)cs1)C(C)C. The molecule has 1 aromatic heterocycles. The van der Waals surface area contributed by atoms with Gasteiger partial charge in [0.1, 0.15) is 11.2 Å². The van der Waals surface area contributed by atoms with Gasteiger partial charge in [-0.05, 0) is 24.3 Å². The van der Waals surface area contributed by atoms with Crippen LogP contribution in [0.3, 0.4) is 0 Å². The summed E-state index contributed by atoms with van der Waals surface area (Å²) in [6.07, 6.45) is 2.11. The van der Waals surface area contributed by atoms with Gasteiger partial charge in [0, 0.05) is 10.3 Å². The Hall–Kier alpha value is -0.890. The topological polar surface area (TPSA) is 47.6 Å². The number of thiophene rings is 1. The molecule has 2 nitrogen and oxygen atoms in total. The third-order valence-corrected chi connectivity index (χ3v) is 7.97. The molecule has 0 saturated heterocycles. The molecule has 1 heterocycles. The summed E-state index contributed by atoms with van der Waals surface area (Å²) in [4.78, 5) is 1.08. The minimum atomic E-state index is -0.390. The van der Waals surface area contributed by atoms with Crippen LogP contribution in [0, 0.1) is 28.6 Å². The molecule has 1 unspecified atom stereocenters. The van der Waals surface area contributed by atoms with Crippen molar-refractivity contribution in [2.45, 2.75) is 32.9 Å². The van der Waals surface area contributed by atoms with Gasteiger partial charge in [-0.25, -0.2) is 0 Å². The number of rotatable bonds is 5. The molecule has 1 atom stereocenters. The molecule has 0 aliphatic carbocycles. The quantitative estimate of drug-likeness (QED) is 0.744. The summed E-state index contributed by atoms with van der Waals surface area (Å²) in [5.74, 6) is 0.277. The van der Waals surface area contributed by atoms with Gasteiger partial charge in [-0.2, -0.15) is 10.5 Å². The minimum Gasteiger partial charge on any atom is -0.197 e. The maximum atomic E-state index is 9.80. The molecule has 0 N–H and O–H groups in total. The van der Waals surface area contributed by atoms with Crippen LogP contribution >= 0.6 is 19.3 Å². The van der Waals surface area contributed by atoms with E-state index in [-0.39, 0.29) is 13.8 Å². The van der Waals surface area contributed by atoms with Crippen molar-refractivity contribution in [3.63, 3.8) is 0 Å². The molecule has 0 fully saturated rings. The summed E-state index contributed by atoms with van der Waals surface area (Å²) in [5.41, 5.74) is 0.678. The highest BCUT2D eigenvalue weighted by Crippen LogP contribution is 2.60. The van der Waals surface area contributed by atoms with Gasteiger partial charge in [0.15, 0.2) is 0 Å². The van der Waals surface area contributed by atoms with Crippen molar-refractivity contribution in [3.05, 3.63) is 21.9 Å². The van der Waals surface area contributed by atoms with Gasteiger partial charge in [-0.3, -0.25) is 0 Å². The van der Waals surface area contributed by atoms with E-state index < -0.39 is 5.16 Å².